The minimum Gasteiger partial charge on any atom is -0.337 e. The van der Waals surface area contributed by atoms with E-state index >= 15 is 0 Å². The van der Waals surface area contributed by atoms with Crippen LogP contribution in [0.2, 0.25) is 0 Å². The molecule has 0 aliphatic carbocycles. The van der Waals surface area contributed by atoms with Crippen LogP contribution in [0.4, 0.5) is 4.39 Å². The van der Waals surface area contributed by atoms with Crippen molar-refractivity contribution in [2.75, 3.05) is 26.2 Å². The van der Waals surface area contributed by atoms with Gasteiger partial charge in [0.15, 0.2) is 0 Å². The fourth-order valence-corrected chi connectivity index (χ4v) is 3.71. The van der Waals surface area contributed by atoms with Crippen LogP contribution in [-0.2, 0) is 13.6 Å². The molecular formula is C21H24FN5O. The molecule has 7 heteroatoms. The van der Waals surface area contributed by atoms with Crippen molar-refractivity contribution in [2.24, 2.45) is 7.05 Å². The number of aromatic nitrogens is 3. The highest BCUT2D eigenvalue weighted by Crippen LogP contribution is 2.18. The summed E-state index contributed by atoms with van der Waals surface area (Å²) in [7, 11) is 1.85. The summed E-state index contributed by atoms with van der Waals surface area (Å²) >= 11 is 0. The third-order valence-corrected chi connectivity index (χ3v) is 5.18. The van der Waals surface area contributed by atoms with Crippen molar-refractivity contribution in [2.45, 2.75) is 13.0 Å². The molecule has 0 unspecified atom stereocenters. The van der Waals surface area contributed by atoms with E-state index in [2.05, 4.69) is 10.00 Å². The number of aryl methyl sites for hydroxylation is 1. The number of carbonyl (C=O) groups excluding carboxylic acids is 1. The normalized spacial score (nSPS) is 15.6. The average molecular weight is 381 g/mol. The van der Waals surface area contributed by atoms with E-state index in [1.165, 1.54) is 12.1 Å². The van der Waals surface area contributed by atoms with Gasteiger partial charge < -0.3 is 9.47 Å². The molecule has 0 spiro atoms. The summed E-state index contributed by atoms with van der Waals surface area (Å²) < 4.78 is 16.7. The zero-order chi connectivity index (χ0) is 19.5. The number of rotatable bonds is 4. The number of nitrogens with zero attached hydrogens (tertiary/aromatic N) is 5. The summed E-state index contributed by atoms with van der Waals surface area (Å²) in [5.74, 6) is 0.578. The van der Waals surface area contributed by atoms with Gasteiger partial charge in [-0.05, 0) is 36.2 Å². The van der Waals surface area contributed by atoms with Gasteiger partial charge in [-0.2, -0.15) is 5.10 Å². The molecule has 3 aromatic rings. The van der Waals surface area contributed by atoms with Gasteiger partial charge in [0.2, 0.25) is 0 Å². The van der Waals surface area contributed by atoms with Crippen LogP contribution >= 0.6 is 0 Å². The third-order valence-electron chi connectivity index (χ3n) is 5.18. The Morgan fingerprint density at radius 1 is 1.07 bits per heavy atom. The standard InChI is InChI=1S/C21H24FN5O/c1-24-20(26-10-2-3-11-26)19(15-23-24)21(28)27-12-4-9-25(13-14-27)16-17-5-7-18(22)8-6-17/h2-3,5-8,10-11,15H,4,9,12-14,16H2,1H3. The van der Waals surface area contributed by atoms with Gasteiger partial charge in [-0.3, -0.25) is 14.4 Å². The summed E-state index contributed by atoms with van der Waals surface area (Å²) in [6.45, 7) is 3.86. The molecule has 2 aromatic heterocycles. The Kier molecular flexibility index (Phi) is 5.25. The number of benzene rings is 1. The first kappa shape index (κ1) is 18.4. The van der Waals surface area contributed by atoms with E-state index in [9.17, 15) is 9.18 Å². The molecule has 0 atom stereocenters. The number of hydrogen-bond acceptors (Lipinski definition) is 3. The van der Waals surface area contributed by atoms with Gasteiger partial charge in [-0.25, -0.2) is 4.39 Å². The Morgan fingerprint density at radius 2 is 1.82 bits per heavy atom. The zero-order valence-electron chi connectivity index (χ0n) is 16.0. The molecule has 0 N–H and O–H groups in total. The molecule has 1 saturated heterocycles. The Bertz CT molecular complexity index is 932. The molecule has 1 aliphatic heterocycles. The van der Waals surface area contributed by atoms with Gasteiger partial charge >= 0.3 is 0 Å². The maximum atomic E-state index is 13.2. The quantitative estimate of drug-likeness (QED) is 0.698. The smallest absolute Gasteiger partial charge is 0.259 e. The number of halogens is 1. The van der Waals surface area contributed by atoms with Crippen LogP contribution < -0.4 is 0 Å². The Morgan fingerprint density at radius 3 is 2.57 bits per heavy atom. The molecule has 0 radical (unpaired) electrons. The predicted molar refractivity (Wildman–Crippen MR) is 105 cm³/mol. The number of hydrogen-bond donors (Lipinski definition) is 0. The van der Waals surface area contributed by atoms with Crippen LogP contribution in [0.3, 0.4) is 0 Å². The number of carbonyl (C=O) groups is 1. The molecule has 1 aliphatic rings. The van der Waals surface area contributed by atoms with Crippen LogP contribution in [0.5, 0.6) is 0 Å². The molecule has 1 aromatic carbocycles. The topological polar surface area (TPSA) is 46.3 Å². The number of amides is 1. The highest BCUT2D eigenvalue weighted by atomic mass is 19.1. The maximum absolute atomic E-state index is 13.2. The molecular weight excluding hydrogens is 357 g/mol. The highest BCUT2D eigenvalue weighted by molar-refractivity contribution is 5.97. The molecule has 1 amide bonds. The minimum atomic E-state index is -0.216. The van der Waals surface area contributed by atoms with Crippen LogP contribution in [0.25, 0.3) is 5.82 Å². The van der Waals surface area contributed by atoms with E-state index in [1.807, 2.05) is 53.2 Å². The predicted octanol–water partition coefficient (Wildman–Crippen LogP) is 2.70. The molecule has 0 bridgehead atoms. The van der Waals surface area contributed by atoms with Gasteiger partial charge in [-0.1, -0.05) is 12.1 Å². The first-order valence-electron chi connectivity index (χ1n) is 9.53. The van der Waals surface area contributed by atoms with Crippen LogP contribution in [0.1, 0.15) is 22.3 Å². The van der Waals surface area contributed by atoms with Gasteiger partial charge in [0.05, 0.1) is 6.20 Å². The molecule has 28 heavy (non-hydrogen) atoms. The lowest BCUT2D eigenvalue weighted by Gasteiger charge is -2.22. The van der Waals surface area contributed by atoms with Crippen LogP contribution in [0.15, 0.2) is 55.0 Å². The highest BCUT2D eigenvalue weighted by Gasteiger charge is 2.25. The van der Waals surface area contributed by atoms with Crippen molar-refractivity contribution >= 4 is 5.91 Å². The first-order chi connectivity index (χ1) is 13.6. The second-order valence-electron chi connectivity index (χ2n) is 7.14. The molecule has 146 valence electrons. The largest absolute Gasteiger partial charge is 0.337 e. The lowest BCUT2D eigenvalue weighted by Crippen LogP contribution is -2.35. The average Bonchev–Trinajstić information content (AvgIpc) is 3.28. The summed E-state index contributed by atoms with van der Waals surface area (Å²) in [5.41, 5.74) is 1.70. The lowest BCUT2D eigenvalue weighted by molar-refractivity contribution is 0.0761. The summed E-state index contributed by atoms with van der Waals surface area (Å²) in [5, 5.41) is 4.30. The summed E-state index contributed by atoms with van der Waals surface area (Å²) in [6.07, 6.45) is 6.40. The maximum Gasteiger partial charge on any atom is 0.259 e. The van der Waals surface area contributed by atoms with Crippen LogP contribution in [-0.4, -0.2) is 56.2 Å². The van der Waals surface area contributed by atoms with Crippen LogP contribution in [0, 0.1) is 5.82 Å². The molecule has 4 rings (SSSR count). The monoisotopic (exact) mass is 381 g/mol. The Hall–Kier alpha value is -2.93. The second-order valence-corrected chi connectivity index (χ2v) is 7.14. The van der Waals surface area contributed by atoms with E-state index in [0.29, 0.717) is 12.1 Å². The molecule has 3 heterocycles. The first-order valence-corrected chi connectivity index (χ1v) is 9.53. The van der Waals surface area contributed by atoms with Gasteiger partial charge in [0, 0.05) is 52.2 Å². The molecule has 0 saturated carbocycles. The van der Waals surface area contributed by atoms with Crippen molar-refractivity contribution in [3.8, 4) is 5.82 Å². The van der Waals surface area contributed by atoms with Gasteiger partial charge in [0.25, 0.3) is 5.91 Å². The van der Waals surface area contributed by atoms with Crippen molar-refractivity contribution < 1.29 is 9.18 Å². The van der Waals surface area contributed by atoms with E-state index in [0.717, 1.165) is 44.0 Å². The van der Waals surface area contributed by atoms with E-state index in [4.69, 9.17) is 0 Å². The fraction of sp³-hybridized carbons (Fsp3) is 0.333. The minimum absolute atomic E-state index is 0.0143. The van der Waals surface area contributed by atoms with Crippen molar-refractivity contribution in [3.63, 3.8) is 0 Å². The van der Waals surface area contributed by atoms with E-state index < -0.39 is 0 Å². The van der Waals surface area contributed by atoms with Crippen molar-refractivity contribution in [1.29, 1.82) is 0 Å². The van der Waals surface area contributed by atoms with Gasteiger partial charge in [-0.15, -0.1) is 0 Å². The molecule has 6 nitrogen and oxygen atoms in total. The lowest BCUT2D eigenvalue weighted by atomic mass is 10.2. The summed E-state index contributed by atoms with van der Waals surface area (Å²) in [4.78, 5) is 17.4. The third kappa shape index (κ3) is 3.84. The molecule has 1 fully saturated rings. The zero-order valence-corrected chi connectivity index (χ0v) is 16.0. The van der Waals surface area contributed by atoms with Crippen molar-refractivity contribution in [3.05, 3.63) is 71.9 Å². The van der Waals surface area contributed by atoms with E-state index in [1.54, 1.807) is 10.9 Å². The Labute approximate surface area is 163 Å². The fourth-order valence-electron chi connectivity index (χ4n) is 3.71. The van der Waals surface area contributed by atoms with Crippen molar-refractivity contribution in [1.82, 2.24) is 24.1 Å². The van der Waals surface area contributed by atoms with E-state index in [-0.39, 0.29) is 11.7 Å². The second kappa shape index (κ2) is 7.98. The Balaban J connectivity index is 1.45. The summed E-state index contributed by atoms with van der Waals surface area (Å²) in [6, 6.07) is 10.5. The SMILES string of the molecule is Cn1ncc(C(=O)N2CCCN(Cc3ccc(F)cc3)CC2)c1-n1cccc1. The van der Waals surface area contributed by atoms with Gasteiger partial charge in [0.1, 0.15) is 17.2 Å².